The van der Waals surface area contributed by atoms with Gasteiger partial charge in [0.15, 0.2) is 12.4 Å². The van der Waals surface area contributed by atoms with E-state index in [9.17, 15) is 4.79 Å². The predicted molar refractivity (Wildman–Crippen MR) is 122 cm³/mol. The van der Waals surface area contributed by atoms with Crippen LogP contribution in [-0.4, -0.2) is 25.5 Å². The molecular formula is C22H19BrClN5O2. The summed E-state index contributed by atoms with van der Waals surface area (Å²) in [6.07, 6.45) is 5.33. The Hall–Kier alpha value is -3.10. The number of anilines is 1. The van der Waals surface area contributed by atoms with Gasteiger partial charge in [-0.3, -0.25) is 9.48 Å². The number of hydrogen-bond acceptors (Lipinski definition) is 4. The van der Waals surface area contributed by atoms with E-state index < -0.39 is 0 Å². The third-order valence-corrected chi connectivity index (χ3v) is 5.33. The van der Waals surface area contributed by atoms with Gasteiger partial charge in [-0.05, 0) is 70.4 Å². The van der Waals surface area contributed by atoms with E-state index >= 15 is 0 Å². The van der Waals surface area contributed by atoms with Crippen LogP contribution in [0, 0.1) is 6.92 Å². The zero-order valence-electron chi connectivity index (χ0n) is 16.6. The highest BCUT2D eigenvalue weighted by atomic mass is 79.9. The lowest BCUT2D eigenvalue weighted by Gasteiger charge is -2.08. The monoisotopic (exact) mass is 499 g/mol. The van der Waals surface area contributed by atoms with Crippen molar-refractivity contribution in [2.75, 3.05) is 5.32 Å². The molecular weight excluding hydrogens is 482 g/mol. The van der Waals surface area contributed by atoms with Crippen molar-refractivity contribution in [2.24, 2.45) is 0 Å². The van der Waals surface area contributed by atoms with Gasteiger partial charge in [0.25, 0.3) is 5.91 Å². The van der Waals surface area contributed by atoms with E-state index in [2.05, 4.69) is 31.4 Å². The molecule has 0 spiro atoms. The van der Waals surface area contributed by atoms with Gasteiger partial charge in [-0.25, -0.2) is 4.68 Å². The second-order valence-corrected chi connectivity index (χ2v) is 8.26. The van der Waals surface area contributed by atoms with Crippen molar-refractivity contribution >= 4 is 39.1 Å². The van der Waals surface area contributed by atoms with Crippen molar-refractivity contribution in [1.29, 1.82) is 0 Å². The summed E-state index contributed by atoms with van der Waals surface area (Å²) in [5.74, 6) is 0.393. The molecule has 0 radical (unpaired) electrons. The number of aromatic nitrogens is 4. The molecule has 31 heavy (non-hydrogen) atoms. The molecule has 0 unspecified atom stereocenters. The fourth-order valence-corrected chi connectivity index (χ4v) is 3.40. The average molecular weight is 501 g/mol. The topological polar surface area (TPSA) is 74.0 Å². The standard InChI is InChI=1S/C22H19BrClN5O2/c1-15-9-19(5-6-20(15)24)31-14-28-8-7-21(27-28)22(30)26-18-4-2-3-16(10-18)12-29-13-17(23)11-25-29/h2-11,13H,12,14H2,1H3,(H,26,30). The van der Waals surface area contributed by atoms with Crippen LogP contribution in [0.1, 0.15) is 21.6 Å². The van der Waals surface area contributed by atoms with E-state index in [4.69, 9.17) is 16.3 Å². The summed E-state index contributed by atoms with van der Waals surface area (Å²) in [6.45, 7) is 2.70. The van der Waals surface area contributed by atoms with Crippen LogP contribution in [0.25, 0.3) is 0 Å². The Bertz CT molecular complexity index is 1220. The molecule has 0 atom stereocenters. The van der Waals surface area contributed by atoms with Gasteiger partial charge in [0.2, 0.25) is 0 Å². The third-order valence-electron chi connectivity index (χ3n) is 4.50. The first kappa shape index (κ1) is 21.1. The van der Waals surface area contributed by atoms with Crippen molar-refractivity contribution in [3.8, 4) is 5.75 Å². The molecule has 0 saturated heterocycles. The van der Waals surface area contributed by atoms with Crippen LogP contribution >= 0.6 is 27.5 Å². The summed E-state index contributed by atoms with van der Waals surface area (Å²) in [4.78, 5) is 12.6. The lowest BCUT2D eigenvalue weighted by atomic mass is 10.2. The van der Waals surface area contributed by atoms with Crippen LogP contribution in [0.2, 0.25) is 5.02 Å². The van der Waals surface area contributed by atoms with Crippen LogP contribution in [0.4, 0.5) is 5.69 Å². The Morgan fingerprint density at radius 2 is 2.06 bits per heavy atom. The fraction of sp³-hybridized carbons (Fsp3) is 0.136. The zero-order chi connectivity index (χ0) is 21.8. The molecule has 4 rings (SSSR count). The summed E-state index contributed by atoms with van der Waals surface area (Å²) in [5, 5.41) is 12.1. The van der Waals surface area contributed by atoms with Crippen LogP contribution in [0.3, 0.4) is 0 Å². The first-order valence-corrected chi connectivity index (χ1v) is 10.6. The molecule has 2 aromatic carbocycles. The lowest BCUT2D eigenvalue weighted by Crippen LogP contribution is -2.14. The fourth-order valence-electron chi connectivity index (χ4n) is 2.96. The van der Waals surface area contributed by atoms with Crippen molar-refractivity contribution in [1.82, 2.24) is 19.6 Å². The first-order valence-electron chi connectivity index (χ1n) is 9.47. The number of carbonyl (C=O) groups is 1. The van der Waals surface area contributed by atoms with Crippen molar-refractivity contribution in [3.05, 3.63) is 93.4 Å². The van der Waals surface area contributed by atoms with Crippen LogP contribution in [-0.2, 0) is 13.3 Å². The number of halogens is 2. The molecule has 9 heteroatoms. The Labute approximate surface area is 192 Å². The van der Waals surface area contributed by atoms with Gasteiger partial charge < -0.3 is 10.1 Å². The van der Waals surface area contributed by atoms with Gasteiger partial charge in [-0.15, -0.1) is 0 Å². The molecule has 2 heterocycles. The third kappa shape index (κ3) is 5.53. The maximum absolute atomic E-state index is 12.6. The van der Waals surface area contributed by atoms with Gasteiger partial charge in [-0.1, -0.05) is 23.7 Å². The Balaban J connectivity index is 1.36. The molecule has 4 aromatic rings. The van der Waals surface area contributed by atoms with Crippen molar-refractivity contribution in [2.45, 2.75) is 20.2 Å². The van der Waals surface area contributed by atoms with E-state index in [-0.39, 0.29) is 12.6 Å². The van der Waals surface area contributed by atoms with E-state index in [1.165, 1.54) is 0 Å². The van der Waals surface area contributed by atoms with E-state index in [1.807, 2.05) is 48.1 Å². The van der Waals surface area contributed by atoms with E-state index in [0.29, 0.717) is 28.7 Å². The highest BCUT2D eigenvalue weighted by Gasteiger charge is 2.11. The molecule has 0 fully saturated rings. The number of rotatable bonds is 7. The maximum atomic E-state index is 12.6. The number of ether oxygens (including phenoxy) is 1. The molecule has 7 nitrogen and oxygen atoms in total. The quantitative estimate of drug-likeness (QED) is 0.381. The minimum atomic E-state index is -0.292. The summed E-state index contributed by atoms with van der Waals surface area (Å²) >= 11 is 9.42. The van der Waals surface area contributed by atoms with Crippen LogP contribution < -0.4 is 10.1 Å². The van der Waals surface area contributed by atoms with Gasteiger partial charge in [0.1, 0.15) is 5.75 Å². The molecule has 158 valence electrons. The van der Waals surface area contributed by atoms with Gasteiger partial charge in [-0.2, -0.15) is 10.2 Å². The van der Waals surface area contributed by atoms with Crippen molar-refractivity contribution in [3.63, 3.8) is 0 Å². The highest BCUT2D eigenvalue weighted by Crippen LogP contribution is 2.21. The molecule has 1 N–H and O–H groups in total. The number of aryl methyl sites for hydroxylation is 1. The molecule has 2 aromatic heterocycles. The normalized spacial score (nSPS) is 10.8. The van der Waals surface area contributed by atoms with Crippen LogP contribution in [0.5, 0.6) is 5.75 Å². The number of carbonyl (C=O) groups excluding carboxylic acids is 1. The molecule has 0 aliphatic heterocycles. The summed E-state index contributed by atoms with van der Waals surface area (Å²) in [7, 11) is 0. The summed E-state index contributed by atoms with van der Waals surface area (Å²) in [6, 6.07) is 14.7. The molecule has 0 bridgehead atoms. The zero-order valence-corrected chi connectivity index (χ0v) is 19.0. The smallest absolute Gasteiger partial charge is 0.276 e. The predicted octanol–water partition coefficient (Wildman–Crippen LogP) is 5.14. The first-order chi connectivity index (χ1) is 15.0. The largest absolute Gasteiger partial charge is 0.471 e. The Kier molecular flexibility index (Phi) is 6.39. The molecule has 0 aliphatic carbocycles. The van der Waals surface area contributed by atoms with Crippen LogP contribution in [0.15, 0.2) is 71.6 Å². The van der Waals surface area contributed by atoms with Gasteiger partial charge in [0, 0.05) is 23.1 Å². The molecule has 0 saturated carbocycles. The lowest BCUT2D eigenvalue weighted by molar-refractivity contribution is 0.102. The number of benzene rings is 2. The second kappa shape index (κ2) is 9.36. The maximum Gasteiger partial charge on any atom is 0.276 e. The van der Waals surface area contributed by atoms with E-state index in [1.54, 1.807) is 35.3 Å². The minimum Gasteiger partial charge on any atom is -0.471 e. The molecule has 0 aliphatic rings. The summed E-state index contributed by atoms with van der Waals surface area (Å²) < 4.78 is 10.0. The Morgan fingerprint density at radius 1 is 1.19 bits per heavy atom. The highest BCUT2D eigenvalue weighted by molar-refractivity contribution is 9.10. The van der Waals surface area contributed by atoms with E-state index in [0.717, 1.165) is 15.6 Å². The minimum absolute atomic E-state index is 0.184. The molecule has 1 amide bonds. The SMILES string of the molecule is Cc1cc(OCn2ccc(C(=O)Nc3cccc(Cn4cc(Br)cn4)c3)n2)ccc1Cl. The van der Waals surface area contributed by atoms with Gasteiger partial charge in [0.05, 0.1) is 17.2 Å². The Morgan fingerprint density at radius 3 is 2.84 bits per heavy atom. The average Bonchev–Trinajstić information content (AvgIpc) is 3.38. The van der Waals surface area contributed by atoms with Gasteiger partial charge >= 0.3 is 0 Å². The number of nitrogens with one attached hydrogen (secondary N) is 1. The number of nitrogens with zero attached hydrogens (tertiary/aromatic N) is 4. The number of amides is 1. The number of hydrogen-bond donors (Lipinski definition) is 1. The van der Waals surface area contributed by atoms with Crippen molar-refractivity contribution < 1.29 is 9.53 Å². The second-order valence-electron chi connectivity index (χ2n) is 6.94. The summed E-state index contributed by atoms with van der Waals surface area (Å²) in [5.41, 5.74) is 2.95.